The molecule has 0 aromatic rings. The molecule has 3 atom stereocenters. The highest BCUT2D eigenvalue weighted by atomic mass is 16.5. The van der Waals surface area contributed by atoms with Gasteiger partial charge in [0.15, 0.2) is 0 Å². The van der Waals surface area contributed by atoms with E-state index in [1.807, 2.05) is 18.7 Å². The van der Waals surface area contributed by atoms with Crippen LogP contribution in [0.25, 0.3) is 0 Å². The maximum Gasteiger partial charge on any atom is 0.240 e. The molecule has 4 nitrogen and oxygen atoms in total. The minimum atomic E-state index is 0.123. The summed E-state index contributed by atoms with van der Waals surface area (Å²) in [4.78, 5) is 16.8. The van der Waals surface area contributed by atoms with Crippen molar-refractivity contribution in [3.63, 3.8) is 0 Å². The Morgan fingerprint density at radius 3 is 2.53 bits per heavy atom. The Morgan fingerprint density at radius 1 is 1.29 bits per heavy atom. The fourth-order valence-corrected chi connectivity index (χ4v) is 3.05. The maximum absolute atomic E-state index is 12.5. The zero-order chi connectivity index (χ0) is 12.4. The van der Waals surface area contributed by atoms with E-state index in [9.17, 15) is 4.79 Å². The molecule has 2 aliphatic rings. The van der Waals surface area contributed by atoms with Crippen LogP contribution in [0.5, 0.6) is 0 Å². The zero-order valence-electron chi connectivity index (χ0n) is 11.2. The second-order valence-electron chi connectivity index (χ2n) is 5.29. The van der Waals surface area contributed by atoms with Crippen LogP contribution in [0.1, 0.15) is 33.6 Å². The van der Waals surface area contributed by atoms with Crippen molar-refractivity contribution in [2.45, 2.75) is 51.9 Å². The number of ether oxygens (including phenoxy) is 1. The van der Waals surface area contributed by atoms with Crippen LogP contribution < -0.4 is 0 Å². The van der Waals surface area contributed by atoms with Crippen molar-refractivity contribution in [3.8, 4) is 0 Å². The first-order chi connectivity index (χ1) is 8.11. The zero-order valence-corrected chi connectivity index (χ0v) is 11.2. The van der Waals surface area contributed by atoms with Gasteiger partial charge in [0, 0.05) is 13.1 Å². The summed E-state index contributed by atoms with van der Waals surface area (Å²) in [5.41, 5.74) is 0. The molecule has 0 bridgehead atoms. The largest absolute Gasteiger partial charge is 0.372 e. The molecule has 0 aromatic carbocycles. The van der Waals surface area contributed by atoms with Crippen molar-refractivity contribution < 1.29 is 9.53 Å². The molecule has 0 unspecified atom stereocenters. The number of hydrogen-bond donors (Lipinski definition) is 0. The third-order valence-electron chi connectivity index (χ3n) is 3.79. The second kappa shape index (κ2) is 5.36. The summed E-state index contributed by atoms with van der Waals surface area (Å²) in [6.07, 6.45) is 2.50. The highest BCUT2D eigenvalue weighted by molar-refractivity contribution is 5.82. The molecule has 2 saturated heterocycles. The lowest BCUT2D eigenvalue weighted by atomic mass is 10.1. The number of nitrogens with zero attached hydrogens (tertiary/aromatic N) is 2. The molecule has 2 aliphatic heterocycles. The lowest BCUT2D eigenvalue weighted by molar-refractivity contribution is -0.147. The van der Waals surface area contributed by atoms with E-state index in [4.69, 9.17) is 4.74 Å². The van der Waals surface area contributed by atoms with Crippen LogP contribution in [0.3, 0.4) is 0 Å². The molecule has 98 valence electrons. The Bertz CT molecular complexity index is 273. The molecule has 2 fully saturated rings. The first-order valence-electron chi connectivity index (χ1n) is 6.80. The van der Waals surface area contributed by atoms with Crippen LogP contribution >= 0.6 is 0 Å². The fourth-order valence-electron chi connectivity index (χ4n) is 3.05. The normalized spacial score (nSPS) is 35.2. The van der Waals surface area contributed by atoms with Crippen molar-refractivity contribution >= 4 is 5.91 Å². The van der Waals surface area contributed by atoms with Crippen LogP contribution in [0.15, 0.2) is 0 Å². The average Bonchev–Trinajstić information content (AvgIpc) is 2.74. The van der Waals surface area contributed by atoms with Gasteiger partial charge < -0.3 is 9.64 Å². The summed E-state index contributed by atoms with van der Waals surface area (Å²) in [7, 11) is 0. The van der Waals surface area contributed by atoms with Crippen LogP contribution in [-0.4, -0.2) is 60.1 Å². The number of likely N-dealkylation sites (N-methyl/N-ethyl adjacent to an activating group) is 1. The molecular formula is C13H24N2O2. The molecule has 4 heteroatoms. The Labute approximate surface area is 104 Å². The lowest BCUT2D eigenvalue weighted by Crippen LogP contribution is -2.53. The molecule has 0 N–H and O–H groups in total. The van der Waals surface area contributed by atoms with Gasteiger partial charge in [-0.2, -0.15) is 0 Å². The number of morpholine rings is 1. The van der Waals surface area contributed by atoms with Crippen LogP contribution in [-0.2, 0) is 9.53 Å². The molecule has 2 heterocycles. The topological polar surface area (TPSA) is 32.8 Å². The van der Waals surface area contributed by atoms with Gasteiger partial charge >= 0.3 is 0 Å². The Kier molecular flexibility index (Phi) is 4.05. The molecule has 0 spiro atoms. The number of hydrogen-bond acceptors (Lipinski definition) is 3. The Balaban J connectivity index is 1.99. The molecule has 1 amide bonds. The van der Waals surface area contributed by atoms with Gasteiger partial charge in [0.2, 0.25) is 5.91 Å². The molecule has 0 saturated carbocycles. The first kappa shape index (κ1) is 12.8. The van der Waals surface area contributed by atoms with Crippen molar-refractivity contribution in [1.82, 2.24) is 9.80 Å². The van der Waals surface area contributed by atoms with Crippen LogP contribution in [0.4, 0.5) is 0 Å². The van der Waals surface area contributed by atoms with Crippen molar-refractivity contribution in [2.75, 3.05) is 26.2 Å². The van der Waals surface area contributed by atoms with Gasteiger partial charge in [-0.15, -0.1) is 0 Å². The predicted octanol–water partition coefficient (Wildman–Crippen LogP) is 1.11. The SMILES string of the molecule is CCN1CCC[C@H]1C(=O)N1C[C@@H](C)O[C@@H](C)C1. The highest BCUT2D eigenvalue weighted by Crippen LogP contribution is 2.21. The predicted molar refractivity (Wildman–Crippen MR) is 66.9 cm³/mol. The van der Waals surface area contributed by atoms with Gasteiger partial charge in [-0.1, -0.05) is 6.92 Å². The average molecular weight is 240 g/mol. The summed E-state index contributed by atoms with van der Waals surface area (Å²) in [6.45, 7) is 9.77. The van der Waals surface area contributed by atoms with Crippen molar-refractivity contribution in [1.29, 1.82) is 0 Å². The third kappa shape index (κ3) is 2.80. The van der Waals surface area contributed by atoms with Crippen LogP contribution in [0.2, 0.25) is 0 Å². The number of carbonyl (C=O) groups is 1. The first-order valence-corrected chi connectivity index (χ1v) is 6.80. The highest BCUT2D eigenvalue weighted by Gasteiger charge is 2.35. The standard InChI is InChI=1S/C13H24N2O2/c1-4-14-7-5-6-12(14)13(16)15-8-10(2)17-11(3)9-15/h10-12H,4-9H2,1-3H3/t10-,11+,12-/m0/s1. The lowest BCUT2D eigenvalue weighted by Gasteiger charge is -2.37. The molecule has 17 heavy (non-hydrogen) atoms. The summed E-state index contributed by atoms with van der Waals surface area (Å²) in [6, 6.07) is 0.123. The minimum absolute atomic E-state index is 0.123. The molecule has 0 radical (unpaired) electrons. The summed E-state index contributed by atoms with van der Waals surface area (Å²) in [5, 5.41) is 0. The van der Waals surface area contributed by atoms with E-state index < -0.39 is 0 Å². The number of amides is 1. The fraction of sp³-hybridized carbons (Fsp3) is 0.923. The van der Waals surface area contributed by atoms with Crippen LogP contribution in [0, 0.1) is 0 Å². The van der Waals surface area contributed by atoms with Crippen molar-refractivity contribution in [3.05, 3.63) is 0 Å². The number of likely N-dealkylation sites (tertiary alicyclic amines) is 1. The number of carbonyl (C=O) groups excluding carboxylic acids is 1. The quantitative estimate of drug-likeness (QED) is 0.725. The summed E-state index contributed by atoms with van der Waals surface area (Å²) < 4.78 is 5.67. The van der Waals surface area contributed by atoms with E-state index in [0.29, 0.717) is 5.91 Å². The van der Waals surface area contributed by atoms with E-state index in [1.54, 1.807) is 0 Å². The van der Waals surface area contributed by atoms with Gasteiger partial charge in [-0.05, 0) is 39.8 Å². The van der Waals surface area contributed by atoms with E-state index in [-0.39, 0.29) is 18.2 Å². The van der Waals surface area contributed by atoms with E-state index in [1.165, 1.54) is 0 Å². The molecule has 2 rings (SSSR count). The summed E-state index contributed by atoms with van der Waals surface area (Å²) in [5.74, 6) is 0.311. The molecule has 0 aliphatic carbocycles. The van der Waals surface area contributed by atoms with Gasteiger partial charge in [0.25, 0.3) is 0 Å². The Hall–Kier alpha value is -0.610. The number of rotatable bonds is 2. The van der Waals surface area contributed by atoms with E-state index in [0.717, 1.165) is 39.0 Å². The second-order valence-corrected chi connectivity index (χ2v) is 5.29. The minimum Gasteiger partial charge on any atom is -0.372 e. The van der Waals surface area contributed by atoms with Gasteiger partial charge in [0.1, 0.15) is 0 Å². The van der Waals surface area contributed by atoms with Gasteiger partial charge in [0.05, 0.1) is 18.2 Å². The maximum atomic E-state index is 12.5. The van der Waals surface area contributed by atoms with E-state index in [2.05, 4.69) is 11.8 Å². The van der Waals surface area contributed by atoms with Gasteiger partial charge in [-0.25, -0.2) is 0 Å². The van der Waals surface area contributed by atoms with Crippen molar-refractivity contribution in [2.24, 2.45) is 0 Å². The monoisotopic (exact) mass is 240 g/mol. The molecular weight excluding hydrogens is 216 g/mol. The Morgan fingerprint density at radius 2 is 1.94 bits per heavy atom. The smallest absolute Gasteiger partial charge is 0.240 e. The van der Waals surface area contributed by atoms with Gasteiger partial charge in [-0.3, -0.25) is 9.69 Å². The summed E-state index contributed by atoms with van der Waals surface area (Å²) >= 11 is 0. The third-order valence-corrected chi connectivity index (χ3v) is 3.79. The van der Waals surface area contributed by atoms with E-state index >= 15 is 0 Å². The molecule has 0 aromatic heterocycles.